The van der Waals surface area contributed by atoms with E-state index < -0.39 is 0 Å². The fourth-order valence-corrected chi connectivity index (χ4v) is 1.90. The van der Waals surface area contributed by atoms with Crippen LogP contribution < -0.4 is 5.32 Å². The van der Waals surface area contributed by atoms with Crippen LogP contribution in [0.2, 0.25) is 0 Å². The fourth-order valence-electron chi connectivity index (χ4n) is 1.90. The third-order valence-electron chi connectivity index (χ3n) is 2.90. The number of nitrogens with one attached hydrogen (secondary N) is 1. The minimum Gasteiger partial charge on any atom is -0.338 e. The Morgan fingerprint density at radius 3 is 2.50 bits per heavy atom. The largest absolute Gasteiger partial charge is 0.338 e. The van der Waals surface area contributed by atoms with Crippen molar-refractivity contribution in [1.82, 2.24) is 9.72 Å². The molecule has 5 nitrogen and oxygen atoms in total. The van der Waals surface area contributed by atoms with Crippen LogP contribution in [0.1, 0.15) is 16.1 Å². The topological polar surface area (TPSA) is 60.1 Å². The van der Waals surface area contributed by atoms with Crippen molar-refractivity contribution in [2.75, 3.05) is 5.32 Å². The zero-order valence-corrected chi connectivity index (χ0v) is 10.9. The molecule has 0 aliphatic heterocycles. The minimum absolute atomic E-state index is 0.222. The molecule has 0 bridgehead atoms. The van der Waals surface area contributed by atoms with Crippen molar-refractivity contribution in [1.29, 1.82) is 0 Å². The van der Waals surface area contributed by atoms with Crippen LogP contribution in [0.4, 0.5) is 5.88 Å². The Labute approximate surface area is 115 Å². The number of benzene rings is 1. The van der Waals surface area contributed by atoms with Gasteiger partial charge >= 0.3 is 0 Å². The average Bonchev–Trinajstić information content (AvgIpc) is 3.11. The number of rotatable bonds is 3. The van der Waals surface area contributed by atoms with E-state index in [1.807, 2.05) is 41.2 Å². The second-order valence-electron chi connectivity index (χ2n) is 4.42. The fraction of sp³-hybridized carbons (Fsp3) is 0.0667. The number of aryl methyl sites for hydroxylation is 1. The van der Waals surface area contributed by atoms with Gasteiger partial charge in [0.15, 0.2) is 0 Å². The SMILES string of the molecule is Cc1cc(NC(=O)c2ccc(-n3cccc3)cc2)on1. The van der Waals surface area contributed by atoms with Crippen LogP contribution in [0.5, 0.6) is 0 Å². The molecule has 0 aliphatic rings. The Kier molecular flexibility index (Phi) is 3.09. The van der Waals surface area contributed by atoms with E-state index in [0.717, 1.165) is 11.4 Å². The van der Waals surface area contributed by atoms with E-state index in [1.165, 1.54) is 0 Å². The average molecular weight is 267 g/mol. The summed E-state index contributed by atoms with van der Waals surface area (Å²) in [6, 6.07) is 12.9. The predicted octanol–water partition coefficient (Wildman–Crippen LogP) is 3.03. The Morgan fingerprint density at radius 1 is 1.20 bits per heavy atom. The van der Waals surface area contributed by atoms with Gasteiger partial charge in [-0.15, -0.1) is 0 Å². The first-order valence-electron chi connectivity index (χ1n) is 6.20. The second kappa shape index (κ2) is 5.05. The number of hydrogen-bond acceptors (Lipinski definition) is 3. The monoisotopic (exact) mass is 267 g/mol. The molecule has 0 spiro atoms. The van der Waals surface area contributed by atoms with Crippen LogP contribution in [-0.4, -0.2) is 15.6 Å². The Hall–Kier alpha value is -2.82. The van der Waals surface area contributed by atoms with Gasteiger partial charge in [0, 0.05) is 29.7 Å². The molecule has 1 aromatic carbocycles. The highest BCUT2D eigenvalue weighted by molar-refractivity contribution is 6.03. The molecule has 100 valence electrons. The van der Waals surface area contributed by atoms with Gasteiger partial charge in [-0.05, 0) is 43.3 Å². The van der Waals surface area contributed by atoms with Crippen molar-refractivity contribution in [3.63, 3.8) is 0 Å². The second-order valence-corrected chi connectivity index (χ2v) is 4.42. The number of anilines is 1. The lowest BCUT2D eigenvalue weighted by Gasteiger charge is -2.05. The lowest BCUT2D eigenvalue weighted by Crippen LogP contribution is -2.11. The highest BCUT2D eigenvalue weighted by Gasteiger charge is 2.09. The molecule has 1 amide bonds. The number of carbonyl (C=O) groups excluding carboxylic acids is 1. The number of aromatic nitrogens is 2. The lowest BCUT2D eigenvalue weighted by atomic mass is 10.2. The van der Waals surface area contributed by atoms with Gasteiger partial charge in [0.25, 0.3) is 5.91 Å². The molecule has 2 heterocycles. The van der Waals surface area contributed by atoms with E-state index in [-0.39, 0.29) is 5.91 Å². The van der Waals surface area contributed by atoms with E-state index in [2.05, 4.69) is 10.5 Å². The maximum Gasteiger partial charge on any atom is 0.258 e. The summed E-state index contributed by atoms with van der Waals surface area (Å²) in [5.41, 5.74) is 2.29. The van der Waals surface area contributed by atoms with Gasteiger partial charge in [0.1, 0.15) is 0 Å². The van der Waals surface area contributed by atoms with Crippen LogP contribution in [0.25, 0.3) is 5.69 Å². The van der Waals surface area contributed by atoms with Crippen molar-refractivity contribution in [3.8, 4) is 5.69 Å². The molecule has 0 saturated carbocycles. The molecule has 0 radical (unpaired) electrons. The summed E-state index contributed by atoms with van der Waals surface area (Å²) >= 11 is 0. The first-order chi connectivity index (χ1) is 9.72. The minimum atomic E-state index is -0.222. The lowest BCUT2D eigenvalue weighted by molar-refractivity contribution is 0.102. The molecule has 0 fully saturated rings. The number of carbonyl (C=O) groups is 1. The predicted molar refractivity (Wildman–Crippen MR) is 75.0 cm³/mol. The zero-order valence-electron chi connectivity index (χ0n) is 10.9. The first-order valence-corrected chi connectivity index (χ1v) is 6.20. The summed E-state index contributed by atoms with van der Waals surface area (Å²) in [7, 11) is 0. The van der Waals surface area contributed by atoms with Crippen molar-refractivity contribution < 1.29 is 9.32 Å². The highest BCUT2D eigenvalue weighted by atomic mass is 16.5. The summed E-state index contributed by atoms with van der Waals surface area (Å²) in [6.07, 6.45) is 3.90. The molecule has 3 rings (SSSR count). The molecule has 5 heteroatoms. The summed E-state index contributed by atoms with van der Waals surface area (Å²) in [5, 5.41) is 6.38. The Balaban J connectivity index is 1.75. The Morgan fingerprint density at radius 2 is 1.90 bits per heavy atom. The normalized spacial score (nSPS) is 10.4. The number of hydrogen-bond donors (Lipinski definition) is 1. The summed E-state index contributed by atoms with van der Waals surface area (Å²) in [6.45, 7) is 1.80. The molecule has 3 aromatic rings. The highest BCUT2D eigenvalue weighted by Crippen LogP contribution is 2.13. The maximum atomic E-state index is 12.0. The van der Waals surface area contributed by atoms with Crippen LogP contribution in [0.15, 0.2) is 59.4 Å². The Bertz CT molecular complexity index is 712. The number of nitrogens with zero attached hydrogens (tertiary/aromatic N) is 2. The van der Waals surface area contributed by atoms with Gasteiger partial charge in [0.05, 0.1) is 5.69 Å². The molecular formula is C15H13N3O2. The molecule has 0 aliphatic carbocycles. The quantitative estimate of drug-likeness (QED) is 0.793. The third-order valence-corrected chi connectivity index (χ3v) is 2.90. The summed E-state index contributed by atoms with van der Waals surface area (Å²) in [4.78, 5) is 12.0. The molecule has 0 atom stereocenters. The molecule has 0 unspecified atom stereocenters. The van der Waals surface area contributed by atoms with Crippen LogP contribution >= 0.6 is 0 Å². The van der Waals surface area contributed by atoms with E-state index in [4.69, 9.17) is 4.52 Å². The smallest absolute Gasteiger partial charge is 0.258 e. The van der Waals surface area contributed by atoms with Crippen molar-refractivity contribution >= 4 is 11.8 Å². The van der Waals surface area contributed by atoms with E-state index in [1.54, 1.807) is 25.1 Å². The van der Waals surface area contributed by atoms with Crippen LogP contribution in [0.3, 0.4) is 0 Å². The summed E-state index contributed by atoms with van der Waals surface area (Å²) in [5.74, 6) is 0.127. The van der Waals surface area contributed by atoms with Gasteiger partial charge < -0.3 is 9.09 Å². The molecular weight excluding hydrogens is 254 g/mol. The van der Waals surface area contributed by atoms with Crippen LogP contribution in [-0.2, 0) is 0 Å². The molecule has 1 N–H and O–H groups in total. The van der Waals surface area contributed by atoms with Crippen molar-refractivity contribution in [2.45, 2.75) is 6.92 Å². The van der Waals surface area contributed by atoms with Gasteiger partial charge in [-0.25, -0.2) is 0 Å². The number of amides is 1. The van der Waals surface area contributed by atoms with Gasteiger partial charge in [-0.1, -0.05) is 5.16 Å². The molecule has 20 heavy (non-hydrogen) atoms. The van der Waals surface area contributed by atoms with Crippen molar-refractivity contribution in [3.05, 3.63) is 66.1 Å². The van der Waals surface area contributed by atoms with Gasteiger partial charge in [-0.2, -0.15) is 0 Å². The van der Waals surface area contributed by atoms with E-state index >= 15 is 0 Å². The van der Waals surface area contributed by atoms with E-state index in [9.17, 15) is 4.79 Å². The zero-order chi connectivity index (χ0) is 13.9. The maximum absolute atomic E-state index is 12.0. The van der Waals surface area contributed by atoms with E-state index in [0.29, 0.717) is 11.4 Å². The summed E-state index contributed by atoms with van der Waals surface area (Å²) < 4.78 is 6.93. The molecule has 0 saturated heterocycles. The standard InChI is InChI=1S/C15H13N3O2/c1-11-10-14(20-17-11)16-15(19)12-4-6-13(7-5-12)18-8-2-3-9-18/h2-10H,1H3,(H,16,19). The van der Waals surface area contributed by atoms with Gasteiger partial charge in [0.2, 0.25) is 5.88 Å². The first kappa shape index (κ1) is 12.2. The molecule has 2 aromatic heterocycles. The van der Waals surface area contributed by atoms with Crippen molar-refractivity contribution in [2.24, 2.45) is 0 Å². The van der Waals surface area contributed by atoms with Crippen LogP contribution in [0, 0.1) is 6.92 Å². The van der Waals surface area contributed by atoms with Gasteiger partial charge in [-0.3, -0.25) is 10.1 Å². The third kappa shape index (κ3) is 2.47.